The molecule has 0 saturated heterocycles. The summed E-state index contributed by atoms with van der Waals surface area (Å²) in [5.41, 5.74) is 0.517. The van der Waals surface area contributed by atoms with Gasteiger partial charge in [0.25, 0.3) is 0 Å². The van der Waals surface area contributed by atoms with Crippen LogP contribution in [0.1, 0.15) is 39.3 Å². The van der Waals surface area contributed by atoms with Gasteiger partial charge in [-0.05, 0) is 33.3 Å². The van der Waals surface area contributed by atoms with Crippen molar-refractivity contribution >= 4 is 11.9 Å². The van der Waals surface area contributed by atoms with Gasteiger partial charge < -0.3 is 10.1 Å². The molecule has 0 bridgehead atoms. The van der Waals surface area contributed by atoms with Crippen LogP contribution in [0.4, 0.5) is 4.79 Å². The van der Waals surface area contributed by atoms with Crippen molar-refractivity contribution in [3.63, 3.8) is 0 Å². The van der Waals surface area contributed by atoms with Crippen molar-refractivity contribution in [2.75, 3.05) is 0 Å². The molecule has 0 aliphatic rings. The summed E-state index contributed by atoms with van der Waals surface area (Å²) in [7, 11) is 0. The molecule has 0 aliphatic carbocycles. The summed E-state index contributed by atoms with van der Waals surface area (Å²) in [6, 6.07) is 8.62. The van der Waals surface area contributed by atoms with Gasteiger partial charge in [0.1, 0.15) is 5.60 Å². The fourth-order valence-electron chi connectivity index (χ4n) is 1.65. The average molecular weight is 275 g/mol. The highest BCUT2D eigenvalue weighted by atomic mass is 16.6. The average Bonchev–Trinajstić information content (AvgIpc) is 2.34. The van der Waals surface area contributed by atoms with E-state index in [-0.39, 0.29) is 5.78 Å². The van der Waals surface area contributed by atoms with Gasteiger partial charge in [0.05, 0.1) is 6.04 Å². The minimum atomic E-state index is -0.594. The standard InChI is InChI=1S/C16H21NO3/c1-11(12(2)18)14(13-9-7-6-8-10-13)17-15(19)20-16(3,4)5/h6-10,14H,1H2,2-5H3,(H,17,19). The largest absolute Gasteiger partial charge is 0.444 e. The van der Waals surface area contributed by atoms with Crippen molar-refractivity contribution in [2.24, 2.45) is 0 Å². The number of rotatable bonds is 4. The van der Waals surface area contributed by atoms with Crippen LogP contribution in [0.3, 0.4) is 0 Å². The summed E-state index contributed by atoms with van der Waals surface area (Å²) in [6.07, 6.45) is -0.575. The molecule has 1 atom stereocenters. The maximum absolute atomic E-state index is 11.9. The molecule has 0 radical (unpaired) electrons. The zero-order valence-corrected chi connectivity index (χ0v) is 12.4. The summed E-state index contributed by atoms with van der Waals surface area (Å²) >= 11 is 0. The van der Waals surface area contributed by atoms with Gasteiger partial charge in [0.2, 0.25) is 0 Å². The normalized spacial score (nSPS) is 12.4. The molecule has 4 nitrogen and oxygen atoms in total. The van der Waals surface area contributed by atoms with Crippen molar-refractivity contribution in [3.8, 4) is 0 Å². The lowest BCUT2D eigenvalue weighted by molar-refractivity contribution is -0.113. The number of nitrogens with one attached hydrogen (secondary N) is 1. The molecule has 1 rings (SSSR count). The third-order valence-corrected chi connectivity index (χ3v) is 2.59. The second-order valence-electron chi connectivity index (χ2n) is 5.57. The molecule has 0 fully saturated rings. The highest BCUT2D eigenvalue weighted by Gasteiger charge is 2.23. The maximum Gasteiger partial charge on any atom is 0.408 e. The number of alkyl carbamates (subject to hydrolysis) is 1. The number of benzene rings is 1. The minimum Gasteiger partial charge on any atom is -0.444 e. The van der Waals surface area contributed by atoms with Crippen LogP contribution < -0.4 is 5.32 Å². The van der Waals surface area contributed by atoms with Gasteiger partial charge in [-0.15, -0.1) is 0 Å². The first kappa shape index (κ1) is 16.0. The van der Waals surface area contributed by atoms with E-state index >= 15 is 0 Å². The van der Waals surface area contributed by atoms with Gasteiger partial charge in [0, 0.05) is 5.57 Å². The molecule has 1 unspecified atom stereocenters. The topological polar surface area (TPSA) is 55.4 Å². The maximum atomic E-state index is 11.9. The van der Waals surface area contributed by atoms with Crippen LogP contribution >= 0.6 is 0 Å². The SMILES string of the molecule is C=C(C(C)=O)C(NC(=O)OC(C)(C)C)c1ccccc1. The monoisotopic (exact) mass is 275 g/mol. The Balaban J connectivity index is 2.93. The fourth-order valence-corrected chi connectivity index (χ4v) is 1.65. The number of hydrogen-bond acceptors (Lipinski definition) is 3. The Bertz CT molecular complexity index is 500. The third kappa shape index (κ3) is 4.88. The molecule has 0 heterocycles. The van der Waals surface area contributed by atoms with Gasteiger partial charge in [-0.25, -0.2) is 4.79 Å². The molecule has 20 heavy (non-hydrogen) atoms. The van der Waals surface area contributed by atoms with E-state index in [4.69, 9.17) is 4.74 Å². The lowest BCUT2D eigenvalue weighted by atomic mass is 9.97. The van der Waals surface area contributed by atoms with Crippen LogP contribution in [0, 0.1) is 0 Å². The van der Waals surface area contributed by atoms with E-state index in [1.54, 1.807) is 20.8 Å². The van der Waals surface area contributed by atoms with Crippen molar-refractivity contribution in [1.82, 2.24) is 5.32 Å². The molecule has 1 N–H and O–H groups in total. The highest BCUT2D eigenvalue weighted by molar-refractivity contribution is 5.94. The van der Waals surface area contributed by atoms with Gasteiger partial charge in [-0.3, -0.25) is 4.79 Å². The van der Waals surface area contributed by atoms with E-state index in [1.807, 2.05) is 30.3 Å². The Labute approximate surface area is 119 Å². The van der Waals surface area contributed by atoms with Crippen LogP contribution in [-0.2, 0) is 9.53 Å². The predicted molar refractivity (Wildman–Crippen MR) is 78.4 cm³/mol. The van der Waals surface area contributed by atoms with Crippen LogP contribution in [0.15, 0.2) is 42.5 Å². The van der Waals surface area contributed by atoms with Crippen LogP contribution in [0.2, 0.25) is 0 Å². The second-order valence-corrected chi connectivity index (χ2v) is 5.57. The molecular weight excluding hydrogens is 254 g/mol. The number of ether oxygens (including phenoxy) is 1. The van der Waals surface area contributed by atoms with E-state index < -0.39 is 17.7 Å². The number of carbonyl (C=O) groups is 2. The van der Waals surface area contributed by atoms with Crippen molar-refractivity contribution in [2.45, 2.75) is 39.3 Å². The quantitative estimate of drug-likeness (QED) is 0.857. The lowest BCUT2D eigenvalue weighted by Crippen LogP contribution is -2.36. The van der Waals surface area contributed by atoms with Gasteiger partial charge in [-0.1, -0.05) is 36.9 Å². The van der Waals surface area contributed by atoms with Crippen molar-refractivity contribution < 1.29 is 14.3 Å². The number of hydrogen-bond donors (Lipinski definition) is 1. The third-order valence-electron chi connectivity index (χ3n) is 2.59. The first-order chi connectivity index (χ1) is 9.20. The Morgan fingerprint density at radius 3 is 2.20 bits per heavy atom. The summed E-state index contributed by atoms with van der Waals surface area (Å²) < 4.78 is 5.22. The zero-order valence-electron chi connectivity index (χ0n) is 12.4. The Kier molecular flexibility index (Phi) is 5.08. The van der Waals surface area contributed by atoms with E-state index in [0.29, 0.717) is 5.57 Å². The number of ketones is 1. The van der Waals surface area contributed by atoms with E-state index in [2.05, 4.69) is 11.9 Å². The van der Waals surface area contributed by atoms with Crippen LogP contribution in [0.25, 0.3) is 0 Å². The smallest absolute Gasteiger partial charge is 0.408 e. The molecule has 0 aliphatic heterocycles. The lowest BCUT2D eigenvalue weighted by Gasteiger charge is -2.24. The minimum absolute atomic E-state index is 0.171. The van der Waals surface area contributed by atoms with Gasteiger partial charge >= 0.3 is 6.09 Å². The Morgan fingerprint density at radius 1 is 1.20 bits per heavy atom. The Morgan fingerprint density at radius 2 is 1.75 bits per heavy atom. The summed E-state index contributed by atoms with van der Waals surface area (Å²) in [5.74, 6) is -0.171. The zero-order chi connectivity index (χ0) is 15.3. The summed E-state index contributed by atoms with van der Waals surface area (Å²) in [4.78, 5) is 23.4. The molecule has 0 aromatic heterocycles. The number of carbonyl (C=O) groups excluding carboxylic acids is 2. The number of Topliss-reactive ketones (excluding diaryl/α,β-unsaturated/α-hetero) is 1. The second kappa shape index (κ2) is 6.37. The fraction of sp³-hybridized carbons (Fsp3) is 0.375. The molecule has 1 amide bonds. The molecular formula is C16H21NO3. The van der Waals surface area contributed by atoms with Gasteiger partial charge in [0.15, 0.2) is 5.78 Å². The first-order valence-electron chi connectivity index (χ1n) is 6.45. The molecule has 0 saturated carbocycles. The summed E-state index contributed by atoms with van der Waals surface area (Å²) in [6.45, 7) is 10.5. The number of amides is 1. The first-order valence-corrected chi connectivity index (χ1v) is 6.45. The van der Waals surface area contributed by atoms with E-state index in [0.717, 1.165) is 5.56 Å². The van der Waals surface area contributed by atoms with Crippen molar-refractivity contribution in [1.29, 1.82) is 0 Å². The molecule has 108 valence electrons. The van der Waals surface area contributed by atoms with Crippen molar-refractivity contribution in [3.05, 3.63) is 48.0 Å². The van der Waals surface area contributed by atoms with Crippen LogP contribution in [0.5, 0.6) is 0 Å². The van der Waals surface area contributed by atoms with E-state index in [1.165, 1.54) is 6.92 Å². The molecule has 1 aromatic carbocycles. The highest BCUT2D eigenvalue weighted by Crippen LogP contribution is 2.21. The van der Waals surface area contributed by atoms with Gasteiger partial charge in [-0.2, -0.15) is 0 Å². The Hall–Kier alpha value is -2.10. The summed E-state index contributed by atoms with van der Waals surface area (Å²) in [5, 5.41) is 2.69. The molecule has 4 heteroatoms. The molecule has 0 spiro atoms. The van der Waals surface area contributed by atoms with E-state index in [9.17, 15) is 9.59 Å². The van der Waals surface area contributed by atoms with Crippen LogP contribution in [-0.4, -0.2) is 17.5 Å². The molecule has 1 aromatic rings. The predicted octanol–water partition coefficient (Wildman–Crippen LogP) is 3.40.